The van der Waals surface area contributed by atoms with E-state index in [4.69, 9.17) is 0 Å². The number of pyridine rings is 1. The van der Waals surface area contributed by atoms with Gasteiger partial charge in [0.2, 0.25) is 5.43 Å². The van der Waals surface area contributed by atoms with E-state index in [1.54, 1.807) is 6.07 Å². The van der Waals surface area contributed by atoms with Crippen LogP contribution in [0.1, 0.15) is 42.6 Å². The van der Waals surface area contributed by atoms with Crippen LogP contribution >= 0.6 is 0 Å². The maximum Gasteiger partial charge on any atom is 0.341 e. The van der Waals surface area contributed by atoms with Crippen LogP contribution in [-0.2, 0) is 0 Å². The van der Waals surface area contributed by atoms with Crippen LogP contribution in [0.5, 0.6) is 0 Å². The van der Waals surface area contributed by atoms with Gasteiger partial charge in [-0.15, -0.1) is 0 Å². The molecule has 1 aromatic heterocycles. The average Bonchev–Trinajstić information content (AvgIpc) is 3.37. The van der Waals surface area contributed by atoms with Crippen molar-refractivity contribution in [3.05, 3.63) is 39.9 Å². The second-order valence-corrected chi connectivity index (χ2v) is 8.34. The van der Waals surface area contributed by atoms with Gasteiger partial charge in [-0.05, 0) is 58.3 Å². The van der Waals surface area contributed by atoms with Gasteiger partial charge in [0.15, 0.2) is 0 Å². The van der Waals surface area contributed by atoms with Gasteiger partial charge in [-0.25, -0.2) is 9.18 Å². The summed E-state index contributed by atoms with van der Waals surface area (Å²) in [5, 5.41) is 9.50. The monoisotopic (exact) mass is 387 g/mol. The largest absolute Gasteiger partial charge is 0.477 e. The number of halogens is 1. The molecule has 28 heavy (non-hydrogen) atoms. The number of anilines is 1. The van der Waals surface area contributed by atoms with Crippen molar-refractivity contribution in [2.24, 2.45) is 5.92 Å². The highest BCUT2D eigenvalue weighted by molar-refractivity contribution is 5.93. The molecule has 0 spiro atoms. The van der Waals surface area contributed by atoms with Gasteiger partial charge < -0.3 is 19.5 Å². The highest BCUT2D eigenvalue weighted by atomic mass is 19.1. The second-order valence-electron chi connectivity index (χ2n) is 8.34. The molecule has 2 fully saturated rings. The molecule has 1 aliphatic carbocycles. The van der Waals surface area contributed by atoms with Crippen molar-refractivity contribution in [1.29, 1.82) is 0 Å². The first-order valence-electron chi connectivity index (χ1n) is 9.81. The molecule has 1 aliphatic heterocycles. The molecule has 0 bridgehead atoms. The fourth-order valence-electron chi connectivity index (χ4n) is 4.23. The molecule has 2 heterocycles. The predicted molar refractivity (Wildman–Crippen MR) is 107 cm³/mol. The summed E-state index contributed by atoms with van der Waals surface area (Å²) in [7, 11) is 4.11. The zero-order valence-electron chi connectivity index (χ0n) is 16.5. The molecule has 150 valence electrons. The van der Waals surface area contributed by atoms with Gasteiger partial charge >= 0.3 is 5.97 Å². The minimum absolute atomic E-state index is 0.144. The van der Waals surface area contributed by atoms with Crippen molar-refractivity contribution in [2.75, 3.05) is 32.1 Å². The molecule has 1 N–H and O–H groups in total. The number of benzene rings is 1. The van der Waals surface area contributed by atoms with Crippen LogP contribution < -0.4 is 10.3 Å². The number of aromatic nitrogens is 1. The first-order valence-corrected chi connectivity index (χ1v) is 9.81. The Morgan fingerprint density at radius 3 is 2.61 bits per heavy atom. The Balaban J connectivity index is 1.78. The Morgan fingerprint density at radius 2 is 2.00 bits per heavy atom. The molecule has 0 radical (unpaired) electrons. The number of carboxylic acid groups (broad SMARTS) is 1. The lowest BCUT2D eigenvalue weighted by Gasteiger charge is -2.27. The summed E-state index contributed by atoms with van der Waals surface area (Å²) in [6.45, 7) is 3.72. The Morgan fingerprint density at radius 1 is 1.29 bits per heavy atom. The third-order valence-electron chi connectivity index (χ3n) is 6.33. The van der Waals surface area contributed by atoms with E-state index in [0.29, 0.717) is 23.2 Å². The minimum atomic E-state index is -1.27. The van der Waals surface area contributed by atoms with E-state index in [1.807, 2.05) is 9.47 Å². The Hall–Kier alpha value is -2.41. The van der Waals surface area contributed by atoms with Gasteiger partial charge in [0.25, 0.3) is 0 Å². The molecular formula is C21H26FN3O3. The highest BCUT2D eigenvalue weighted by Gasteiger charge is 2.31. The normalized spacial score (nSPS) is 20.9. The molecule has 1 aromatic carbocycles. The SMILES string of the molecule is C[C@@H]([C@@H]1CCN(c2cc3c(cc2F)c(=O)c(C(=O)O)cn3C2CC2)C1)N(C)C. The van der Waals surface area contributed by atoms with Crippen molar-refractivity contribution in [1.82, 2.24) is 9.47 Å². The smallest absolute Gasteiger partial charge is 0.341 e. The highest BCUT2D eigenvalue weighted by Crippen LogP contribution is 2.38. The summed E-state index contributed by atoms with van der Waals surface area (Å²) in [6, 6.07) is 3.54. The van der Waals surface area contributed by atoms with E-state index in [2.05, 4.69) is 25.9 Å². The standard InChI is InChI=1S/C21H26FN3O3/c1-12(23(2)3)13-6-7-24(10-13)19-9-18-15(8-17(19)22)20(26)16(21(27)28)11-25(18)14-4-5-14/h8-9,11-14H,4-7,10H2,1-3H3,(H,27,28)/t12-,13+/m0/s1. The van der Waals surface area contributed by atoms with Crippen molar-refractivity contribution in [2.45, 2.75) is 38.3 Å². The van der Waals surface area contributed by atoms with E-state index in [0.717, 1.165) is 32.4 Å². The Labute approximate surface area is 163 Å². The summed E-state index contributed by atoms with van der Waals surface area (Å²) >= 11 is 0. The maximum absolute atomic E-state index is 15.0. The quantitative estimate of drug-likeness (QED) is 0.855. The van der Waals surface area contributed by atoms with Crippen LogP contribution in [-0.4, -0.2) is 53.8 Å². The first-order chi connectivity index (χ1) is 13.3. The lowest BCUT2D eigenvalue weighted by molar-refractivity contribution is 0.0695. The lowest BCUT2D eigenvalue weighted by atomic mass is 10.00. The summed E-state index contributed by atoms with van der Waals surface area (Å²) in [4.78, 5) is 28.3. The van der Waals surface area contributed by atoms with E-state index >= 15 is 0 Å². The van der Waals surface area contributed by atoms with Crippen LogP contribution in [0, 0.1) is 11.7 Å². The second kappa shape index (κ2) is 6.88. The number of carboxylic acids is 1. The van der Waals surface area contributed by atoms with E-state index in [-0.39, 0.29) is 17.0 Å². The van der Waals surface area contributed by atoms with Crippen LogP contribution in [0.25, 0.3) is 10.9 Å². The zero-order valence-corrected chi connectivity index (χ0v) is 16.5. The number of aromatic carboxylic acids is 1. The number of rotatable bonds is 5. The number of hydrogen-bond donors (Lipinski definition) is 1. The fraction of sp³-hybridized carbons (Fsp3) is 0.524. The van der Waals surface area contributed by atoms with E-state index in [1.165, 1.54) is 12.3 Å². The van der Waals surface area contributed by atoms with Gasteiger partial charge in [0.05, 0.1) is 11.2 Å². The van der Waals surface area contributed by atoms with E-state index in [9.17, 15) is 19.1 Å². The van der Waals surface area contributed by atoms with Crippen LogP contribution in [0.2, 0.25) is 0 Å². The van der Waals surface area contributed by atoms with Gasteiger partial charge in [-0.3, -0.25) is 4.79 Å². The van der Waals surface area contributed by atoms with E-state index < -0.39 is 17.2 Å². The summed E-state index contributed by atoms with van der Waals surface area (Å²) in [5.41, 5.74) is 0.203. The summed E-state index contributed by atoms with van der Waals surface area (Å²) in [6.07, 6.45) is 4.29. The van der Waals surface area contributed by atoms with Crippen molar-refractivity contribution in [3.8, 4) is 0 Å². The minimum Gasteiger partial charge on any atom is -0.477 e. The zero-order chi connectivity index (χ0) is 20.2. The van der Waals surface area contributed by atoms with Crippen molar-refractivity contribution >= 4 is 22.6 Å². The van der Waals surface area contributed by atoms with Crippen molar-refractivity contribution in [3.63, 3.8) is 0 Å². The molecule has 6 nitrogen and oxygen atoms in total. The molecule has 1 saturated carbocycles. The van der Waals surface area contributed by atoms with Gasteiger partial charge in [-0.2, -0.15) is 0 Å². The fourth-order valence-corrected chi connectivity index (χ4v) is 4.23. The third-order valence-corrected chi connectivity index (χ3v) is 6.33. The number of hydrogen-bond acceptors (Lipinski definition) is 4. The average molecular weight is 387 g/mol. The molecule has 0 unspecified atom stereocenters. The predicted octanol–water partition coefficient (Wildman–Crippen LogP) is 2.95. The van der Waals surface area contributed by atoms with Crippen molar-refractivity contribution < 1.29 is 14.3 Å². The number of carbonyl (C=O) groups is 1. The molecule has 2 atom stereocenters. The molecule has 4 rings (SSSR count). The number of fused-ring (bicyclic) bond motifs is 1. The molecule has 7 heteroatoms. The first kappa shape index (κ1) is 18.9. The summed E-state index contributed by atoms with van der Waals surface area (Å²) in [5.74, 6) is -1.29. The lowest BCUT2D eigenvalue weighted by Crippen LogP contribution is -2.34. The van der Waals surface area contributed by atoms with Crippen LogP contribution in [0.3, 0.4) is 0 Å². The van der Waals surface area contributed by atoms with Gasteiger partial charge in [0, 0.05) is 36.8 Å². The Kier molecular flexibility index (Phi) is 4.65. The molecule has 2 aromatic rings. The van der Waals surface area contributed by atoms with Crippen LogP contribution in [0.4, 0.5) is 10.1 Å². The third kappa shape index (κ3) is 3.17. The van der Waals surface area contributed by atoms with Gasteiger partial charge in [-0.1, -0.05) is 0 Å². The molecule has 0 amide bonds. The summed E-state index contributed by atoms with van der Waals surface area (Å²) < 4.78 is 16.8. The Bertz CT molecular complexity index is 997. The molecule has 1 saturated heterocycles. The number of nitrogens with zero attached hydrogens (tertiary/aromatic N) is 3. The van der Waals surface area contributed by atoms with Crippen LogP contribution in [0.15, 0.2) is 23.1 Å². The topological polar surface area (TPSA) is 65.8 Å². The molecular weight excluding hydrogens is 361 g/mol. The van der Waals surface area contributed by atoms with Gasteiger partial charge in [0.1, 0.15) is 11.4 Å². The molecule has 2 aliphatic rings. The maximum atomic E-state index is 15.0.